The van der Waals surface area contributed by atoms with Gasteiger partial charge in [0.1, 0.15) is 24.4 Å². The van der Waals surface area contributed by atoms with E-state index >= 15 is 0 Å². The normalized spacial score (nSPS) is 12.5. The van der Waals surface area contributed by atoms with E-state index in [4.69, 9.17) is 4.42 Å². The number of nitrogens with one attached hydrogen (secondary N) is 1. The van der Waals surface area contributed by atoms with E-state index in [0.29, 0.717) is 23.3 Å². The Morgan fingerprint density at radius 1 is 1.00 bits per heavy atom. The number of fused-ring (bicyclic) bond motifs is 1. The molecule has 1 aromatic heterocycles. The van der Waals surface area contributed by atoms with Gasteiger partial charge >= 0.3 is 5.63 Å². The molecule has 25 heavy (non-hydrogen) atoms. The van der Waals surface area contributed by atoms with Crippen molar-refractivity contribution >= 4 is 11.0 Å². The van der Waals surface area contributed by atoms with Gasteiger partial charge in [-0.3, -0.25) is 0 Å². The fraction of sp³-hybridized carbons (Fsp3) is 0.286. The molecule has 0 aliphatic rings. The minimum atomic E-state index is -0.341. The molecule has 3 aromatic rings. The largest absolute Gasteiger partial charge is 0.507 e. The number of aromatic hydroxyl groups is 1. The molecule has 0 aliphatic carbocycles. The van der Waals surface area contributed by atoms with E-state index in [0.717, 1.165) is 23.1 Å². The molecule has 0 spiro atoms. The van der Waals surface area contributed by atoms with Crippen LogP contribution in [0.15, 0.2) is 45.6 Å². The number of benzene rings is 2. The zero-order valence-electron chi connectivity index (χ0n) is 15.1. The first-order valence-electron chi connectivity index (χ1n) is 8.49. The van der Waals surface area contributed by atoms with Gasteiger partial charge in [0.15, 0.2) is 0 Å². The molecular formula is C21H24NO3+. The van der Waals surface area contributed by atoms with Gasteiger partial charge in [0, 0.05) is 27.6 Å². The van der Waals surface area contributed by atoms with Crippen molar-refractivity contribution in [3.63, 3.8) is 0 Å². The standard InChI is InChI=1S/C21H23NO3/c1-13-14(2)21(24)25-20-15(3)19(23)17(10-18(13)20)12-22(4)11-16-8-6-5-7-9-16/h5-10,23H,11-12H2,1-4H3/p+1. The second-order valence-electron chi connectivity index (χ2n) is 6.82. The molecule has 0 aliphatic heterocycles. The van der Waals surface area contributed by atoms with E-state index in [1.807, 2.05) is 31.2 Å². The third kappa shape index (κ3) is 3.30. The Morgan fingerprint density at radius 2 is 1.68 bits per heavy atom. The van der Waals surface area contributed by atoms with Crippen molar-refractivity contribution in [1.82, 2.24) is 0 Å². The summed E-state index contributed by atoms with van der Waals surface area (Å²) in [5.41, 5.74) is 4.43. The highest BCUT2D eigenvalue weighted by Crippen LogP contribution is 2.31. The fourth-order valence-electron chi connectivity index (χ4n) is 3.26. The monoisotopic (exact) mass is 338 g/mol. The van der Waals surface area contributed by atoms with Crippen molar-refractivity contribution < 1.29 is 14.4 Å². The van der Waals surface area contributed by atoms with Crippen LogP contribution < -0.4 is 10.5 Å². The Labute approximate surface area is 147 Å². The van der Waals surface area contributed by atoms with Crippen LogP contribution in [0, 0.1) is 20.8 Å². The lowest BCUT2D eigenvalue weighted by atomic mass is 10.00. The number of rotatable bonds is 4. The molecule has 0 saturated carbocycles. The number of hydrogen-bond acceptors (Lipinski definition) is 3. The molecule has 2 aromatic carbocycles. The van der Waals surface area contributed by atoms with Crippen LogP contribution in [0.1, 0.15) is 27.8 Å². The molecule has 0 radical (unpaired) electrons. The van der Waals surface area contributed by atoms with Gasteiger partial charge in [-0.25, -0.2) is 4.79 Å². The van der Waals surface area contributed by atoms with Gasteiger partial charge in [-0.15, -0.1) is 0 Å². The molecular weight excluding hydrogens is 314 g/mol. The highest BCUT2D eigenvalue weighted by Gasteiger charge is 2.18. The fourth-order valence-corrected chi connectivity index (χ4v) is 3.26. The van der Waals surface area contributed by atoms with E-state index in [2.05, 4.69) is 19.2 Å². The number of hydrogen-bond donors (Lipinski definition) is 2. The average molecular weight is 338 g/mol. The summed E-state index contributed by atoms with van der Waals surface area (Å²) in [6.45, 7) is 7.06. The highest BCUT2D eigenvalue weighted by atomic mass is 16.4. The van der Waals surface area contributed by atoms with Crippen LogP contribution in [-0.4, -0.2) is 12.2 Å². The van der Waals surface area contributed by atoms with Crippen LogP contribution in [0.2, 0.25) is 0 Å². The zero-order valence-corrected chi connectivity index (χ0v) is 15.1. The summed E-state index contributed by atoms with van der Waals surface area (Å²) < 4.78 is 5.42. The molecule has 4 nitrogen and oxygen atoms in total. The molecule has 0 amide bonds. The van der Waals surface area contributed by atoms with Crippen LogP contribution in [0.25, 0.3) is 11.0 Å². The second-order valence-corrected chi connectivity index (χ2v) is 6.82. The quantitative estimate of drug-likeness (QED) is 0.719. The topological polar surface area (TPSA) is 54.9 Å². The lowest BCUT2D eigenvalue weighted by Gasteiger charge is -2.17. The molecule has 4 heteroatoms. The van der Waals surface area contributed by atoms with E-state index < -0.39 is 0 Å². The summed E-state index contributed by atoms with van der Waals surface area (Å²) >= 11 is 0. The third-order valence-corrected chi connectivity index (χ3v) is 4.87. The van der Waals surface area contributed by atoms with E-state index in [1.54, 1.807) is 13.8 Å². The van der Waals surface area contributed by atoms with Gasteiger partial charge in [0.25, 0.3) is 0 Å². The maximum Gasteiger partial charge on any atom is 0.339 e. The minimum absolute atomic E-state index is 0.214. The molecule has 0 bridgehead atoms. The second kappa shape index (κ2) is 6.73. The number of quaternary nitrogens is 1. The van der Waals surface area contributed by atoms with Crippen LogP contribution in [0.4, 0.5) is 0 Å². The van der Waals surface area contributed by atoms with E-state index in [9.17, 15) is 9.90 Å². The predicted molar refractivity (Wildman–Crippen MR) is 99.1 cm³/mol. The molecule has 3 rings (SSSR count). The number of aryl methyl sites for hydroxylation is 2. The summed E-state index contributed by atoms with van der Waals surface area (Å²) in [7, 11) is 2.11. The molecule has 2 N–H and O–H groups in total. The smallest absolute Gasteiger partial charge is 0.339 e. The van der Waals surface area contributed by atoms with Gasteiger partial charge < -0.3 is 14.4 Å². The molecule has 0 saturated heterocycles. The van der Waals surface area contributed by atoms with E-state index in [1.165, 1.54) is 10.5 Å². The molecule has 1 unspecified atom stereocenters. The first kappa shape index (κ1) is 17.2. The van der Waals surface area contributed by atoms with Crippen LogP contribution in [0.3, 0.4) is 0 Å². The van der Waals surface area contributed by atoms with Crippen molar-refractivity contribution in [2.24, 2.45) is 0 Å². The first-order chi connectivity index (χ1) is 11.9. The highest BCUT2D eigenvalue weighted by molar-refractivity contribution is 5.86. The Kier molecular flexibility index (Phi) is 4.64. The van der Waals surface area contributed by atoms with Crippen LogP contribution >= 0.6 is 0 Å². The Bertz CT molecular complexity index is 974. The van der Waals surface area contributed by atoms with Crippen molar-refractivity contribution in [2.45, 2.75) is 33.9 Å². The SMILES string of the molecule is Cc1c(C)c2cc(C[NH+](C)Cc3ccccc3)c(O)c(C)c2oc1=O. The van der Waals surface area contributed by atoms with Crippen molar-refractivity contribution in [2.75, 3.05) is 7.05 Å². The molecule has 1 atom stereocenters. The number of phenolic OH excluding ortho intramolecular Hbond substituents is 1. The predicted octanol–water partition coefficient (Wildman–Crippen LogP) is 2.64. The maximum atomic E-state index is 11.9. The van der Waals surface area contributed by atoms with Gasteiger partial charge in [-0.1, -0.05) is 30.3 Å². The molecule has 130 valence electrons. The Hall–Kier alpha value is -2.59. The lowest BCUT2D eigenvalue weighted by molar-refractivity contribution is -0.907. The first-order valence-corrected chi connectivity index (χ1v) is 8.49. The summed E-state index contributed by atoms with van der Waals surface area (Å²) in [5.74, 6) is 0.214. The van der Waals surface area contributed by atoms with Crippen LogP contribution in [0.5, 0.6) is 5.75 Å². The molecule has 1 heterocycles. The van der Waals surface area contributed by atoms with Crippen molar-refractivity contribution in [1.29, 1.82) is 0 Å². The Balaban J connectivity index is 1.99. The minimum Gasteiger partial charge on any atom is -0.507 e. The van der Waals surface area contributed by atoms with Crippen LogP contribution in [-0.2, 0) is 13.1 Å². The van der Waals surface area contributed by atoms with Gasteiger partial charge in [0.2, 0.25) is 0 Å². The summed E-state index contributed by atoms with van der Waals surface area (Å²) in [5, 5.41) is 11.5. The molecule has 0 fully saturated rings. The average Bonchev–Trinajstić information content (AvgIpc) is 2.59. The van der Waals surface area contributed by atoms with Gasteiger partial charge in [-0.2, -0.15) is 0 Å². The van der Waals surface area contributed by atoms with E-state index in [-0.39, 0.29) is 11.4 Å². The number of phenols is 1. The Morgan fingerprint density at radius 3 is 2.36 bits per heavy atom. The lowest BCUT2D eigenvalue weighted by Crippen LogP contribution is -3.06. The van der Waals surface area contributed by atoms with Gasteiger partial charge in [0.05, 0.1) is 7.05 Å². The van der Waals surface area contributed by atoms with Crippen molar-refractivity contribution in [3.05, 3.63) is 74.6 Å². The zero-order chi connectivity index (χ0) is 18.1. The summed E-state index contributed by atoms with van der Waals surface area (Å²) in [6.07, 6.45) is 0. The third-order valence-electron chi connectivity index (χ3n) is 4.87. The summed E-state index contributed by atoms with van der Waals surface area (Å²) in [4.78, 5) is 13.2. The van der Waals surface area contributed by atoms with Gasteiger partial charge in [-0.05, 0) is 32.4 Å². The summed E-state index contributed by atoms with van der Waals surface area (Å²) in [6, 6.07) is 12.3. The van der Waals surface area contributed by atoms with Crippen molar-refractivity contribution in [3.8, 4) is 5.75 Å². The maximum absolute atomic E-state index is 11.9.